The fourth-order valence-electron chi connectivity index (χ4n) is 2.01. The van der Waals surface area contributed by atoms with Gasteiger partial charge in [0.25, 0.3) is 0 Å². The average molecular weight is 181 g/mol. The van der Waals surface area contributed by atoms with E-state index in [1.807, 2.05) is 0 Å². The SMILES string of the molecule is CC(C)=CCNC1(C)CCCCC1. The largest absolute Gasteiger partial charge is 0.308 e. The first kappa shape index (κ1) is 10.8. The zero-order chi connectivity index (χ0) is 9.73. The van der Waals surface area contributed by atoms with Gasteiger partial charge in [0.1, 0.15) is 0 Å². The monoisotopic (exact) mass is 181 g/mol. The van der Waals surface area contributed by atoms with Crippen molar-refractivity contribution >= 4 is 0 Å². The summed E-state index contributed by atoms with van der Waals surface area (Å²) in [6, 6.07) is 0. The maximum absolute atomic E-state index is 3.65. The first-order valence-electron chi connectivity index (χ1n) is 5.51. The summed E-state index contributed by atoms with van der Waals surface area (Å²) in [7, 11) is 0. The Bertz CT molecular complexity index is 172. The Balaban J connectivity index is 2.29. The summed E-state index contributed by atoms with van der Waals surface area (Å²) in [5, 5.41) is 3.65. The number of nitrogens with one attached hydrogen (secondary N) is 1. The zero-order valence-electron chi connectivity index (χ0n) is 9.32. The minimum atomic E-state index is 0.421. The first-order valence-corrected chi connectivity index (χ1v) is 5.51. The van der Waals surface area contributed by atoms with E-state index in [9.17, 15) is 0 Å². The second-order valence-corrected chi connectivity index (χ2v) is 4.78. The third kappa shape index (κ3) is 3.95. The van der Waals surface area contributed by atoms with Crippen LogP contribution in [0.25, 0.3) is 0 Å². The van der Waals surface area contributed by atoms with Crippen LogP contribution >= 0.6 is 0 Å². The molecule has 1 rings (SSSR count). The van der Waals surface area contributed by atoms with Gasteiger partial charge in [-0.3, -0.25) is 0 Å². The normalized spacial score (nSPS) is 21.2. The molecular formula is C12H23N. The van der Waals surface area contributed by atoms with Gasteiger partial charge in [-0.25, -0.2) is 0 Å². The molecule has 0 atom stereocenters. The van der Waals surface area contributed by atoms with E-state index in [1.54, 1.807) is 0 Å². The Labute approximate surface area is 82.6 Å². The predicted octanol–water partition coefficient (Wildman–Crippen LogP) is 3.27. The summed E-state index contributed by atoms with van der Waals surface area (Å²) in [6.45, 7) is 7.72. The molecule has 1 N–H and O–H groups in total. The van der Waals surface area contributed by atoms with Crippen LogP contribution in [0.15, 0.2) is 11.6 Å². The lowest BCUT2D eigenvalue weighted by atomic mass is 9.83. The van der Waals surface area contributed by atoms with Crippen molar-refractivity contribution in [3.8, 4) is 0 Å². The Hall–Kier alpha value is -0.300. The van der Waals surface area contributed by atoms with E-state index in [4.69, 9.17) is 0 Å². The second-order valence-electron chi connectivity index (χ2n) is 4.78. The molecule has 0 heterocycles. The van der Waals surface area contributed by atoms with Gasteiger partial charge in [0.2, 0.25) is 0 Å². The zero-order valence-corrected chi connectivity index (χ0v) is 9.32. The highest BCUT2D eigenvalue weighted by Crippen LogP contribution is 2.27. The molecule has 0 unspecified atom stereocenters. The summed E-state index contributed by atoms with van der Waals surface area (Å²) in [5.74, 6) is 0. The van der Waals surface area contributed by atoms with Crippen LogP contribution in [-0.4, -0.2) is 12.1 Å². The van der Waals surface area contributed by atoms with Crippen molar-refractivity contribution in [2.75, 3.05) is 6.54 Å². The summed E-state index contributed by atoms with van der Waals surface area (Å²) in [4.78, 5) is 0. The van der Waals surface area contributed by atoms with E-state index < -0.39 is 0 Å². The molecule has 1 aliphatic rings. The number of hydrogen-bond acceptors (Lipinski definition) is 1. The van der Waals surface area contributed by atoms with Crippen LogP contribution in [-0.2, 0) is 0 Å². The predicted molar refractivity (Wildman–Crippen MR) is 58.9 cm³/mol. The molecule has 13 heavy (non-hydrogen) atoms. The molecule has 76 valence electrons. The van der Waals surface area contributed by atoms with Gasteiger partial charge < -0.3 is 5.32 Å². The molecule has 0 bridgehead atoms. The molecule has 1 heteroatoms. The molecule has 0 spiro atoms. The van der Waals surface area contributed by atoms with Crippen LogP contribution in [0.4, 0.5) is 0 Å². The van der Waals surface area contributed by atoms with Gasteiger partial charge in [-0.15, -0.1) is 0 Å². The lowest BCUT2D eigenvalue weighted by molar-refractivity contribution is 0.263. The van der Waals surface area contributed by atoms with Crippen LogP contribution in [0.2, 0.25) is 0 Å². The van der Waals surface area contributed by atoms with Crippen LogP contribution in [0.5, 0.6) is 0 Å². The molecule has 0 aromatic heterocycles. The van der Waals surface area contributed by atoms with Crippen molar-refractivity contribution in [1.29, 1.82) is 0 Å². The molecule has 0 radical (unpaired) electrons. The van der Waals surface area contributed by atoms with Gasteiger partial charge in [0, 0.05) is 12.1 Å². The number of hydrogen-bond donors (Lipinski definition) is 1. The summed E-state index contributed by atoms with van der Waals surface area (Å²) in [5.41, 5.74) is 1.83. The second kappa shape index (κ2) is 4.80. The highest BCUT2D eigenvalue weighted by atomic mass is 15.0. The quantitative estimate of drug-likeness (QED) is 0.659. The third-order valence-electron chi connectivity index (χ3n) is 3.00. The fourth-order valence-corrected chi connectivity index (χ4v) is 2.01. The van der Waals surface area contributed by atoms with Crippen molar-refractivity contribution < 1.29 is 0 Å². The van der Waals surface area contributed by atoms with Crippen molar-refractivity contribution in [3.63, 3.8) is 0 Å². The molecule has 1 nitrogen and oxygen atoms in total. The lowest BCUT2D eigenvalue weighted by Crippen LogP contribution is -2.43. The van der Waals surface area contributed by atoms with Crippen molar-refractivity contribution in [2.24, 2.45) is 0 Å². The highest BCUT2D eigenvalue weighted by Gasteiger charge is 2.24. The lowest BCUT2D eigenvalue weighted by Gasteiger charge is -2.34. The van der Waals surface area contributed by atoms with E-state index >= 15 is 0 Å². The molecule has 1 aliphatic carbocycles. The smallest absolute Gasteiger partial charge is 0.0156 e. The van der Waals surface area contributed by atoms with E-state index in [0.717, 1.165) is 6.54 Å². The topological polar surface area (TPSA) is 12.0 Å². The summed E-state index contributed by atoms with van der Waals surface area (Å²) in [6.07, 6.45) is 9.21. The minimum absolute atomic E-state index is 0.421. The van der Waals surface area contributed by atoms with Crippen LogP contribution in [0, 0.1) is 0 Å². The first-order chi connectivity index (χ1) is 6.12. The van der Waals surface area contributed by atoms with Crippen LogP contribution in [0.3, 0.4) is 0 Å². The fraction of sp³-hybridized carbons (Fsp3) is 0.833. The van der Waals surface area contributed by atoms with E-state index in [1.165, 1.54) is 37.7 Å². The molecular weight excluding hydrogens is 158 g/mol. The Morgan fingerprint density at radius 1 is 1.23 bits per heavy atom. The van der Waals surface area contributed by atoms with Gasteiger partial charge in [-0.05, 0) is 33.6 Å². The summed E-state index contributed by atoms with van der Waals surface area (Å²) < 4.78 is 0. The average Bonchev–Trinajstić information content (AvgIpc) is 2.04. The van der Waals surface area contributed by atoms with E-state index in [2.05, 4.69) is 32.2 Å². The molecule has 0 aromatic carbocycles. The van der Waals surface area contributed by atoms with Crippen molar-refractivity contribution in [3.05, 3.63) is 11.6 Å². The Morgan fingerprint density at radius 3 is 2.38 bits per heavy atom. The van der Waals surface area contributed by atoms with Crippen LogP contribution in [0.1, 0.15) is 52.9 Å². The minimum Gasteiger partial charge on any atom is -0.308 e. The van der Waals surface area contributed by atoms with E-state index in [-0.39, 0.29) is 0 Å². The molecule has 0 aromatic rings. The third-order valence-corrected chi connectivity index (χ3v) is 3.00. The maximum atomic E-state index is 3.65. The highest BCUT2D eigenvalue weighted by molar-refractivity contribution is 4.97. The van der Waals surface area contributed by atoms with Gasteiger partial charge in [0.05, 0.1) is 0 Å². The van der Waals surface area contributed by atoms with Gasteiger partial charge in [0.15, 0.2) is 0 Å². The molecule has 1 fully saturated rings. The van der Waals surface area contributed by atoms with Crippen molar-refractivity contribution in [1.82, 2.24) is 5.32 Å². The molecule has 1 saturated carbocycles. The Kier molecular flexibility index (Phi) is 3.98. The van der Waals surface area contributed by atoms with Crippen molar-refractivity contribution in [2.45, 2.75) is 58.4 Å². The van der Waals surface area contributed by atoms with Gasteiger partial charge in [-0.2, -0.15) is 0 Å². The Morgan fingerprint density at radius 2 is 1.85 bits per heavy atom. The summed E-state index contributed by atoms with van der Waals surface area (Å²) >= 11 is 0. The van der Waals surface area contributed by atoms with Gasteiger partial charge >= 0.3 is 0 Å². The van der Waals surface area contributed by atoms with Crippen LogP contribution < -0.4 is 5.32 Å². The maximum Gasteiger partial charge on any atom is 0.0156 e. The number of rotatable bonds is 3. The van der Waals surface area contributed by atoms with E-state index in [0.29, 0.717) is 5.54 Å². The molecule has 0 amide bonds. The number of allylic oxidation sites excluding steroid dienone is 1. The molecule has 0 aliphatic heterocycles. The standard InChI is InChI=1S/C12H23N/c1-11(2)7-10-13-12(3)8-5-4-6-9-12/h7,13H,4-6,8-10H2,1-3H3. The van der Waals surface area contributed by atoms with Gasteiger partial charge in [-0.1, -0.05) is 30.9 Å². The molecule has 0 saturated heterocycles.